The number of hydrogen-bond acceptors (Lipinski definition) is 4. The fourth-order valence-electron chi connectivity index (χ4n) is 4.58. The number of nitrogens with zero attached hydrogens (tertiary/aromatic N) is 3. The number of nitriles is 1. The van der Waals surface area contributed by atoms with Crippen LogP contribution in [-0.4, -0.2) is 26.7 Å². The van der Waals surface area contributed by atoms with Gasteiger partial charge in [-0.05, 0) is 55.5 Å². The van der Waals surface area contributed by atoms with E-state index in [9.17, 15) is 5.26 Å². The highest BCUT2D eigenvalue weighted by molar-refractivity contribution is 5.67. The molecule has 2 aliphatic heterocycles. The van der Waals surface area contributed by atoms with Gasteiger partial charge in [-0.1, -0.05) is 18.2 Å². The van der Waals surface area contributed by atoms with Crippen molar-refractivity contribution in [1.82, 2.24) is 0 Å². The Hall–Kier alpha value is -2.67. The summed E-state index contributed by atoms with van der Waals surface area (Å²) >= 11 is 0. The first-order valence-corrected chi connectivity index (χ1v) is 9.96. The molecule has 4 rings (SSSR count). The predicted molar refractivity (Wildman–Crippen MR) is 110 cm³/mol. The molecule has 0 bridgehead atoms. The van der Waals surface area contributed by atoms with Gasteiger partial charge in [0.15, 0.2) is 0 Å². The maximum atomic E-state index is 9.93. The van der Waals surface area contributed by atoms with Crippen LogP contribution in [0.4, 0.5) is 11.4 Å². The normalized spacial score (nSPS) is 21.7. The van der Waals surface area contributed by atoms with Crippen molar-refractivity contribution in [3.8, 4) is 11.8 Å². The number of anilines is 2. The third-order valence-electron chi connectivity index (χ3n) is 5.97. The minimum absolute atomic E-state index is 0.0533. The van der Waals surface area contributed by atoms with E-state index in [4.69, 9.17) is 4.74 Å². The van der Waals surface area contributed by atoms with E-state index in [1.165, 1.54) is 30.5 Å². The van der Waals surface area contributed by atoms with Crippen LogP contribution < -0.4 is 14.5 Å². The molecule has 1 saturated heterocycles. The fraction of sp³-hybridized carbons (Fsp3) is 0.435. The summed E-state index contributed by atoms with van der Waals surface area (Å²) in [5.74, 6) is 0.677. The highest BCUT2D eigenvalue weighted by Gasteiger charge is 2.39. The standard InChI is InChI=1S/C23H27N3O/c1-3-26-22-15-19(27-2)11-12-20(22)21(16-24)23(26)17-7-9-18(10-8-17)25-13-5-4-6-14-25/h7-12,15,21,23H,3-6,13-14H2,1-2H3. The van der Waals surface area contributed by atoms with E-state index in [-0.39, 0.29) is 12.0 Å². The van der Waals surface area contributed by atoms with Crippen LogP contribution in [0.1, 0.15) is 49.3 Å². The Morgan fingerprint density at radius 3 is 2.44 bits per heavy atom. The number of ether oxygens (including phenoxy) is 1. The van der Waals surface area contributed by atoms with Crippen LogP contribution in [0.2, 0.25) is 0 Å². The summed E-state index contributed by atoms with van der Waals surface area (Å²) in [6.07, 6.45) is 3.90. The number of piperidine rings is 1. The molecule has 1 fully saturated rings. The fourth-order valence-corrected chi connectivity index (χ4v) is 4.58. The molecule has 2 aliphatic rings. The molecule has 2 heterocycles. The molecule has 2 atom stereocenters. The SMILES string of the molecule is CCN1c2cc(OC)ccc2C(C#N)C1c1ccc(N2CCCCC2)cc1. The van der Waals surface area contributed by atoms with Crippen molar-refractivity contribution >= 4 is 11.4 Å². The van der Waals surface area contributed by atoms with Gasteiger partial charge in [0.2, 0.25) is 0 Å². The first-order valence-electron chi connectivity index (χ1n) is 9.96. The summed E-state index contributed by atoms with van der Waals surface area (Å²) in [5, 5.41) is 9.93. The third kappa shape index (κ3) is 3.12. The molecule has 4 nitrogen and oxygen atoms in total. The highest BCUT2D eigenvalue weighted by Crippen LogP contribution is 2.49. The Labute approximate surface area is 162 Å². The molecule has 0 aliphatic carbocycles. The van der Waals surface area contributed by atoms with E-state index >= 15 is 0 Å². The number of rotatable bonds is 4. The summed E-state index contributed by atoms with van der Waals surface area (Å²) < 4.78 is 5.41. The second-order valence-electron chi connectivity index (χ2n) is 7.40. The Morgan fingerprint density at radius 2 is 1.81 bits per heavy atom. The van der Waals surface area contributed by atoms with Crippen molar-refractivity contribution in [1.29, 1.82) is 5.26 Å². The van der Waals surface area contributed by atoms with Crippen LogP contribution in [0.25, 0.3) is 0 Å². The monoisotopic (exact) mass is 361 g/mol. The van der Waals surface area contributed by atoms with Gasteiger partial charge in [-0.2, -0.15) is 5.26 Å². The van der Waals surface area contributed by atoms with Crippen molar-refractivity contribution in [3.05, 3.63) is 53.6 Å². The van der Waals surface area contributed by atoms with Gasteiger partial charge in [0.25, 0.3) is 0 Å². The van der Waals surface area contributed by atoms with Gasteiger partial charge in [-0.25, -0.2) is 0 Å². The van der Waals surface area contributed by atoms with Gasteiger partial charge in [0, 0.05) is 37.1 Å². The van der Waals surface area contributed by atoms with Crippen LogP contribution in [0.3, 0.4) is 0 Å². The van der Waals surface area contributed by atoms with Crippen LogP contribution in [0.15, 0.2) is 42.5 Å². The molecule has 0 aromatic heterocycles. The average molecular weight is 361 g/mol. The van der Waals surface area contributed by atoms with Crippen molar-refractivity contribution in [2.24, 2.45) is 0 Å². The van der Waals surface area contributed by atoms with Gasteiger partial charge in [0.05, 0.1) is 25.1 Å². The minimum atomic E-state index is -0.160. The summed E-state index contributed by atoms with van der Waals surface area (Å²) in [6, 6.07) is 17.6. The van der Waals surface area contributed by atoms with Crippen molar-refractivity contribution < 1.29 is 4.74 Å². The first-order chi connectivity index (χ1) is 13.3. The molecule has 0 radical (unpaired) electrons. The van der Waals surface area contributed by atoms with Crippen molar-refractivity contribution in [3.63, 3.8) is 0 Å². The molecule has 4 heteroatoms. The summed E-state index contributed by atoms with van der Waals surface area (Å²) in [4.78, 5) is 4.81. The van der Waals surface area contributed by atoms with E-state index < -0.39 is 0 Å². The van der Waals surface area contributed by atoms with E-state index in [0.717, 1.165) is 36.6 Å². The topological polar surface area (TPSA) is 39.5 Å². The lowest BCUT2D eigenvalue weighted by molar-refractivity contribution is 0.415. The Kier molecular flexibility index (Phi) is 4.94. The zero-order valence-electron chi connectivity index (χ0n) is 16.2. The third-order valence-corrected chi connectivity index (χ3v) is 5.97. The quantitative estimate of drug-likeness (QED) is 0.778. The Bertz CT molecular complexity index is 834. The zero-order chi connectivity index (χ0) is 18.8. The number of methoxy groups -OCH3 is 1. The summed E-state index contributed by atoms with van der Waals surface area (Å²) in [5.41, 5.74) is 4.73. The lowest BCUT2D eigenvalue weighted by Crippen LogP contribution is -2.29. The van der Waals surface area contributed by atoms with E-state index in [2.05, 4.69) is 53.1 Å². The van der Waals surface area contributed by atoms with Gasteiger partial charge in [-0.15, -0.1) is 0 Å². The van der Waals surface area contributed by atoms with Crippen LogP contribution in [-0.2, 0) is 0 Å². The maximum absolute atomic E-state index is 9.93. The maximum Gasteiger partial charge on any atom is 0.120 e. The number of hydrogen-bond donors (Lipinski definition) is 0. The predicted octanol–water partition coefficient (Wildman–Crippen LogP) is 4.87. The number of benzene rings is 2. The molecule has 27 heavy (non-hydrogen) atoms. The van der Waals surface area contributed by atoms with Gasteiger partial charge < -0.3 is 14.5 Å². The summed E-state index contributed by atoms with van der Waals surface area (Å²) in [6.45, 7) is 5.31. The van der Waals surface area contributed by atoms with Gasteiger partial charge >= 0.3 is 0 Å². The number of likely N-dealkylation sites (N-methyl/N-ethyl adjacent to an activating group) is 1. The first kappa shape index (κ1) is 17.7. The van der Waals surface area contributed by atoms with Crippen LogP contribution in [0.5, 0.6) is 5.75 Å². The molecule has 0 amide bonds. The second kappa shape index (κ2) is 7.52. The highest BCUT2D eigenvalue weighted by atomic mass is 16.5. The summed E-state index contributed by atoms with van der Waals surface area (Å²) in [7, 11) is 1.69. The van der Waals surface area contributed by atoms with Crippen molar-refractivity contribution in [2.75, 3.05) is 36.5 Å². The van der Waals surface area contributed by atoms with Crippen LogP contribution in [0, 0.1) is 11.3 Å². The second-order valence-corrected chi connectivity index (χ2v) is 7.40. The van der Waals surface area contributed by atoms with Gasteiger partial charge in [0.1, 0.15) is 5.75 Å². The van der Waals surface area contributed by atoms with Crippen LogP contribution >= 0.6 is 0 Å². The number of fused-ring (bicyclic) bond motifs is 1. The van der Waals surface area contributed by atoms with Crippen molar-refractivity contribution in [2.45, 2.75) is 38.1 Å². The Balaban J connectivity index is 1.66. The molecule has 0 spiro atoms. The zero-order valence-corrected chi connectivity index (χ0v) is 16.2. The molecule has 0 saturated carbocycles. The Morgan fingerprint density at radius 1 is 1.07 bits per heavy atom. The van der Waals surface area contributed by atoms with Gasteiger partial charge in [-0.3, -0.25) is 0 Å². The van der Waals surface area contributed by atoms with E-state index in [1.54, 1.807) is 7.11 Å². The van der Waals surface area contributed by atoms with E-state index in [1.807, 2.05) is 12.1 Å². The molecule has 2 aromatic rings. The molecule has 2 unspecified atom stereocenters. The smallest absolute Gasteiger partial charge is 0.120 e. The molecule has 2 aromatic carbocycles. The minimum Gasteiger partial charge on any atom is -0.497 e. The molecule has 0 N–H and O–H groups in total. The molecule has 140 valence electrons. The molecular formula is C23H27N3O. The molecular weight excluding hydrogens is 334 g/mol. The largest absolute Gasteiger partial charge is 0.497 e. The average Bonchev–Trinajstić information content (AvgIpc) is 3.07. The van der Waals surface area contributed by atoms with E-state index in [0.29, 0.717) is 0 Å². The lowest BCUT2D eigenvalue weighted by Gasteiger charge is -2.30. The lowest BCUT2D eigenvalue weighted by atomic mass is 9.91.